The molecule has 0 saturated carbocycles. The Balaban J connectivity index is 1.17. The summed E-state index contributed by atoms with van der Waals surface area (Å²) in [5.74, 6) is 3.13. The SMILES string of the molecule is CC(C)Cc1ccnc(-n2c3ccccc3c3ccc(Oc4cc(C(C)(C)C)cc([N+]56[CH-][N@+]5(c5cccc(C(C)(C)C)c5)c5ccccc56)c4)cc32)c1. The maximum Gasteiger partial charge on any atom is 0.225 e. The number of quaternary nitrogens is 2. The number of hydrogen-bond acceptors (Lipinski definition) is 2. The van der Waals surface area contributed by atoms with Crippen LogP contribution in [0.1, 0.15) is 72.1 Å². The van der Waals surface area contributed by atoms with Crippen molar-refractivity contribution in [2.45, 2.75) is 72.6 Å². The molecule has 9 rings (SSSR count). The molecule has 5 heteroatoms. The number of pyridine rings is 1. The molecule has 2 atom stereocenters. The molecule has 4 heterocycles. The van der Waals surface area contributed by atoms with E-state index in [2.05, 4.69) is 188 Å². The maximum atomic E-state index is 6.93. The second kappa shape index (κ2) is 11.6. The van der Waals surface area contributed by atoms with Crippen LogP contribution >= 0.6 is 0 Å². The zero-order valence-corrected chi connectivity index (χ0v) is 32.2. The summed E-state index contributed by atoms with van der Waals surface area (Å²) in [7, 11) is 0. The Morgan fingerprint density at radius 3 is 2.04 bits per heavy atom. The standard InChI is InChI=1S/C48H49N4O/c1-32(2)24-33-22-23-49-46(25-33)50-42-17-10-9-16-40(42)41-21-20-38(30-43(41)50)53-39-28-35(48(6,7)8)27-37(29-39)52-31-51(52,44-18-11-12-19-45(44)52)36-15-13-14-34(26-36)47(3,4)5/h9-23,25-32H,24H2,1-8H3/q+1/t51-,52?/m0/s1. The van der Waals surface area contributed by atoms with E-state index in [0.29, 0.717) is 15.1 Å². The number of ether oxygens (including phenoxy) is 1. The second-order valence-electron chi connectivity index (χ2n) is 17.5. The Morgan fingerprint density at radius 1 is 0.623 bits per heavy atom. The first kappa shape index (κ1) is 33.6. The van der Waals surface area contributed by atoms with E-state index in [9.17, 15) is 0 Å². The monoisotopic (exact) mass is 697 g/mol. The van der Waals surface area contributed by atoms with Crippen LogP contribution in [0.25, 0.3) is 27.6 Å². The molecule has 1 unspecified atom stereocenters. The molecule has 0 bridgehead atoms. The van der Waals surface area contributed by atoms with E-state index in [4.69, 9.17) is 9.72 Å². The van der Waals surface area contributed by atoms with E-state index in [-0.39, 0.29) is 10.8 Å². The smallest absolute Gasteiger partial charge is 0.225 e. The topological polar surface area (TPSA) is 27.1 Å². The number of hydrogen-bond donors (Lipinski definition) is 0. The van der Waals surface area contributed by atoms with Gasteiger partial charge in [-0.2, -0.15) is 9.18 Å². The minimum atomic E-state index is -0.0856. The van der Waals surface area contributed by atoms with E-state index < -0.39 is 0 Å². The van der Waals surface area contributed by atoms with Crippen molar-refractivity contribution in [2.75, 3.05) is 0 Å². The number of benzene rings is 5. The molecule has 1 saturated heterocycles. The molecule has 0 spiro atoms. The molecule has 1 fully saturated rings. The predicted molar refractivity (Wildman–Crippen MR) is 221 cm³/mol. The normalized spacial score (nSPS) is 19.3. The first-order chi connectivity index (χ1) is 25.3. The van der Waals surface area contributed by atoms with Gasteiger partial charge in [-0.15, -0.1) is 0 Å². The zero-order valence-electron chi connectivity index (χ0n) is 32.2. The van der Waals surface area contributed by atoms with Crippen molar-refractivity contribution < 1.29 is 4.74 Å². The summed E-state index contributed by atoms with van der Waals surface area (Å²) in [6.07, 6.45) is 2.95. The quantitative estimate of drug-likeness (QED) is 0.0942. The molecule has 2 aromatic heterocycles. The van der Waals surface area contributed by atoms with Gasteiger partial charge in [-0.1, -0.05) is 97.9 Å². The van der Waals surface area contributed by atoms with Crippen molar-refractivity contribution >= 4 is 44.6 Å². The Morgan fingerprint density at radius 2 is 1.30 bits per heavy atom. The van der Waals surface area contributed by atoms with E-state index in [0.717, 1.165) is 34.8 Å². The number of para-hydroxylation sites is 3. The Kier molecular flexibility index (Phi) is 7.37. The maximum absolute atomic E-state index is 6.93. The third-order valence-corrected chi connectivity index (χ3v) is 11.2. The lowest BCUT2D eigenvalue weighted by Gasteiger charge is -2.40. The summed E-state index contributed by atoms with van der Waals surface area (Å²) in [5.41, 5.74) is 11.2. The Bertz CT molecular complexity index is 2570. The molecule has 7 aromatic rings. The lowest BCUT2D eigenvalue weighted by Crippen LogP contribution is -2.46. The molecule has 2 aliphatic heterocycles. The summed E-state index contributed by atoms with van der Waals surface area (Å²) in [5, 5.41) is 2.39. The van der Waals surface area contributed by atoms with Gasteiger partial charge in [0.05, 0.1) is 11.0 Å². The van der Waals surface area contributed by atoms with E-state index in [1.807, 2.05) is 6.20 Å². The fourth-order valence-corrected chi connectivity index (χ4v) is 8.49. The van der Waals surface area contributed by atoms with Crippen molar-refractivity contribution in [2.24, 2.45) is 5.92 Å². The molecule has 53 heavy (non-hydrogen) atoms. The molecule has 0 N–H and O–H groups in total. The molecule has 5 aromatic carbocycles. The molecule has 266 valence electrons. The van der Waals surface area contributed by atoms with Crippen molar-refractivity contribution in [3.63, 3.8) is 0 Å². The van der Waals surface area contributed by atoms with Gasteiger partial charge >= 0.3 is 0 Å². The average molecular weight is 698 g/mol. The van der Waals surface area contributed by atoms with Crippen LogP contribution in [0.15, 0.2) is 128 Å². The van der Waals surface area contributed by atoms with Gasteiger partial charge in [0.15, 0.2) is 18.0 Å². The third-order valence-electron chi connectivity index (χ3n) is 11.2. The minimum absolute atomic E-state index is 0.0529. The summed E-state index contributed by atoms with van der Waals surface area (Å²) in [6, 6.07) is 44.4. The largest absolute Gasteiger partial charge is 0.457 e. The van der Waals surface area contributed by atoms with Crippen LogP contribution in [0.5, 0.6) is 11.5 Å². The van der Waals surface area contributed by atoms with Crippen LogP contribution in [0, 0.1) is 12.6 Å². The lowest BCUT2D eigenvalue weighted by molar-refractivity contribution is 0.421. The van der Waals surface area contributed by atoms with Gasteiger partial charge in [0, 0.05) is 59.4 Å². The average Bonchev–Trinajstić information content (AvgIpc) is 3.61. The summed E-state index contributed by atoms with van der Waals surface area (Å²) in [4.78, 5) is 4.88. The molecular weight excluding hydrogens is 649 g/mol. The van der Waals surface area contributed by atoms with Gasteiger partial charge < -0.3 is 4.74 Å². The zero-order chi connectivity index (χ0) is 36.9. The van der Waals surface area contributed by atoms with Crippen molar-refractivity contribution in [3.8, 4) is 17.3 Å². The fraction of sp³-hybridized carbons (Fsp3) is 0.250. The minimum Gasteiger partial charge on any atom is -0.457 e. The highest BCUT2D eigenvalue weighted by atomic mass is 16.5. The van der Waals surface area contributed by atoms with E-state index >= 15 is 0 Å². The van der Waals surface area contributed by atoms with E-state index in [1.165, 1.54) is 50.2 Å². The van der Waals surface area contributed by atoms with Gasteiger partial charge in [-0.25, -0.2) is 4.98 Å². The summed E-state index contributed by atoms with van der Waals surface area (Å²) < 4.78 is 10.5. The number of nitrogens with zero attached hydrogens (tertiary/aromatic N) is 4. The van der Waals surface area contributed by atoms with Crippen LogP contribution in [0.4, 0.5) is 22.7 Å². The van der Waals surface area contributed by atoms with Crippen LogP contribution in [-0.4, -0.2) is 9.55 Å². The third kappa shape index (κ3) is 5.16. The lowest BCUT2D eigenvalue weighted by atomic mass is 9.86. The Labute approximate surface area is 313 Å². The highest BCUT2D eigenvalue weighted by Gasteiger charge is 2.78. The van der Waals surface area contributed by atoms with Gasteiger partial charge in [-0.3, -0.25) is 4.57 Å². The first-order valence-electron chi connectivity index (χ1n) is 19.0. The second-order valence-corrected chi connectivity index (χ2v) is 17.5. The predicted octanol–water partition coefficient (Wildman–Crippen LogP) is 13.1. The highest BCUT2D eigenvalue weighted by Crippen LogP contribution is 2.75. The van der Waals surface area contributed by atoms with Crippen LogP contribution < -0.4 is 13.9 Å². The fourth-order valence-electron chi connectivity index (χ4n) is 8.49. The molecular formula is C48H49N4O+. The van der Waals surface area contributed by atoms with Gasteiger partial charge in [-0.05, 0) is 76.3 Å². The molecule has 0 radical (unpaired) electrons. The van der Waals surface area contributed by atoms with E-state index in [1.54, 1.807) is 0 Å². The van der Waals surface area contributed by atoms with Gasteiger partial charge in [0.1, 0.15) is 17.3 Å². The van der Waals surface area contributed by atoms with Crippen molar-refractivity contribution in [3.05, 3.63) is 151 Å². The highest BCUT2D eigenvalue weighted by molar-refractivity contribution is 6.09. The molecule has 0 amide bonds. The number of rotatable bonds is 7. The van der Waals surface area contributed by atoms with Crippen LogP contribution in [0.3, 0.4) is 0 Å². The Hall–Kier alpha value is -5.23. The molecule has 5 nitrogen and oxygen atoms in total. The molecule has 0 aliphatic carbocycles. The van der Waals surface area contributed by atoms with Crippen LogP contribution in [0.2, 0.25) is 0 Å². The summed E-state index contributed by atoms with van der Waals surface area (Å²) >= 11 is 0. The number of aromatic nitrogens is 2. The van der Waals surface area contributed by atoms with Crippen molar-refractivity contribution in [1.29, 1.82) is 0 Å². The number of fused-ring (bicyclic) bond motifs is 7. The first-order valence-corrected chi connectivity index (χ1v) is 19.0. The van der Waals surface area contributed by atoms with Crippen molar-refractivity contribution in [1.82, 2.24) is 18.7 Å². The van der Waals surface area contributed by atoms with Crippen LogP contribution in [-0.2, 0) is 17.3 Å². The van der Waals surface area contributed by atoms with Gasteiger partial charge in [0.2, 0.25) is 11.4 Å². The van der Waals surface area contributed by atoms with Gasteiger partial charge in [0.25, 0.3) is 0 Å². The molecule has 2 aliphatic rings. The summed E-state index contributed by atoms with van der Waals surface area (Å²) in [6.45, 7) is 20.7.